The molecule has 4 N–H and O–H groups in total. The molecule has 0 spiro atoms. The van der Waals surface area contributed by atoms with E-state index in [1.165, 1.54) is 22.5 Å². The molecule has 0 aliphatic heterocycles. The number of nitrogen functional groups attached to an aromatic ring is 1. The van der Waals surface area contributed by atoms with Crippen LogP contribution in [0.2, 0.25) is 0 Å². The Kier molecular flexibility index (Phi) is 5.80. The van der Waals surface area contributed by atoms with Gasteiger partial charge in [-0.25, -0.2) is 10.1 Å². The molecule has 15 heteroatoms. The summed E-state index contributed by atoms with van der Waals surface area (Å²) in [5, 5.41) is 37.7. The lowest BCUT2D eigenvalue weighted by Gasteiger charge is -2.06. The van der Waals surface area contributed by atoms with Gasteiger partial charge in [0.15, 0.2) is 10.9 Å². The Labute approximate surface area is 184 Å². The number of carbonyl (C=O) groups excluding carboxylic acids is 1. The van der Waals surface area contributed by atoms with E-state index in [1.54, 1.807) is 43.1 Å². The number of rotatable bonds is 7. The smallest absolute Gasteiger partial charge is 0.293 e. The molecule has 0 unspecified atom stereocenters. The Morgan fingerprint density at radius 1 is 1.31 bits per heavy atom. The number of aryl methyl sites for hydroxylation is 1. The minimum Gasteiger partial charge on any atom is -0.507 e. The number of carbonyl (C=O) groups is 1. The molecule has 3 heterocycles. The van der Waals surface area contributed by atoms with Crippen LogP contribution in [0.3, 0.4) is 0 Å². The number of aromatic hydroxyl groups is 1. The van der Waals surface area contributed by atoms with Crippen molar-refractivity contribution in [2.75, 3.05) is 5.73 Å². The number of nitrogens with one attached hydrogen (secondary N) is 1. The van der Waals surface area contributed by atoms with E-state index in [1.807, 2.05) is 0 Å². The summed E-state index contributed by atoms with van der Waals surface area (Å²) in [5.41, 5.74) is 9.47. The molecule has 1 aromatic carbocycles. The monoisotopic (exact) mass is 455 g/mol. The van der Waals surface area contributed by atoms with Crippen molar-refractivity contribution in [2.45, 2.75) is 17.8 Å². The maximum Gasteiger partial charge on any atom is 0.293 e. The van der Waals surface area contributed by atoms with Crippen molar-refractivity contribution in [2.24, 2.45) is 12.1 Å². The number of nitrogens with zero attached hydrogens (tertiary/aromatic N) is 9. The molecular formula is C17H17N11O3S. The Morgan fingerprint density at radius 2 is 2.12 bits per heavy atom. The number of para-hydroxylation sites is 1. The van der Waals surface area contributed by atoms with Crippen molar-refractivity contribution in [1.29, 1.82) is 0 Å². The first-order valence-electron chi connectivity index (χ1n) is 9.08. The van der Waals surface area contributed by atoms with Gasteiger partial charge in [-0.1, -0.05) is 29.1 Å². The van der Waals surface area contributed by atoms with Crippen LogP contribution in [0, 0.1) is 0 Å². The summed E-state index contributed by atoms with van der Waals surface area (Å²) in [4.78, 5) is 12.9. The topological polar surface area (TPSA) is 188 Å². The molecule has 4 rings (SSSR count). The largest absolute Gasteiger partial charge is 0.507 e. The standard InChI is InChI=1S/C17H17N11O3S/c1-9(10-5-3-4-6-12(10)29)20-22-16(30)13-11(7-32-17-23-19-8-27(17)2)28(26-21-13)15-14(18)24-31-25-15/h3-6,8,29H,7H2,1-2H3,(H2,18,24)(H,22,30)/b20-9+. The Morgan fingerprint density at radius 3 is 2.81 bits per heavy atom. The van der Waals surface area contributed by atoms with E-state index in [9.17, 15) is 9.90 Å². The number of phenolic OH excluding ortho intramolecular Hbond substituents is 1. The SMILES string of the molecule is C/C(=N\NC(=O)c1nnn(-c2nonc2N)c1CSc1nncn1C)c1ccccc1O. The highest BCUT2D eigenvalue weighted by molar-refractivity contribution is 7.98. The van der Waals surface area contributed by atoms with Crippen molar-refractivity contribution >= 4 is 29.2 Å². The van der Waals surface area contributed by atoms with Crippen molar-refractivity contribution in [3.63, 3.8) is 0 Å². The fourth-order valence-corrected chi connectivity index (χ4v) is 3.56. The van der Waals surface area contributed by atoms with Crippen LogP contribution in [-0.4, -0.2) is 56.8 Å². The van der Waals surface area contributed by atoms with E-state index >= 15 is 0 Å². The van der Waals surface area contributed by atoms with Gasteiger partial charge >= 0.3 is 0 Å². The van der Waals surface area contributed by atoms with Gasteiger partial charge in [-0.05, 0) is 29.4 Å². The first kappa shape index (κ1) is 21.0. The third-order valence-corrected chi connectivity index (χ3v) is 5.35. The molecule has 0 bridgehead atoms. The Bertz CT molecular complexity index is 1290. The van der Waals surface area contributed by atoms with Crippen molar-refractivity contribution in [1.82, 2.24) is 45.5 Å². The third kappa shape index (κ3) is 4.13. The number of hydrogen-bond donors (Lipinski definition) is 3. The number of nitrogens with two attached hydrogens (primary N) is 1. The molecule has 0 radical (unpaired) electrons. The highest BCUT2D eigenvalue weighted by Gasteiger charge is 2.24. The van der Waals surface area contributed by atoms with Crippen molar-refractivity contribution in [3.05, 3.63) is 47.5 Å². The summed E-state index contributed by atoms with van der Waals surface area (Å²) in [7, 11) is 1.79. The molecule has 0 saturated heterocycles. The fourth-order valence-electron chi connectivity index (χ4n) is 2.68. The lowest BCUT2D eigenvalue weighted by atomic mass is 10.1. The maximum absolute atomic E-state index is 12.9. The van der Waals surface area contributed by atoms with Gasteiger partial charge in [0.1, 0.15) is 12.1 Å². The lowest BCUT2D eigenvalue weighted by Crippen LogP contribution is -2.21. The zero-order chi connectivity index (χ0) is 22.7. The molecule has 14 nitrogen and oxygen atoms in total. The predicted molar refractivity (Wildman–Crippen MR) is 112 cm³/mol. The molecule has 0 aliphatic carbocycles. The van der Waals surface area contributed by atoms with Crippen LogP contribution in [-0.2, 0) is 12.8 Å². The first-order chi connectivity index (χ1) is 15.5. The van der Waals surface area contributed by atoms with Gasteiger partial charge in [0.2, 0.25) is 11.6 Å². The minimum atomic E-state index is -0.616. The van der Waals surface area contributed by atoms with Gasteiger partial charge in [0, 0.05) is 18.4 Å². The van der Waals surface area contributed by atoms with Crippen molar-refractivity contribution < 1.29 is 14.5 Å². The summed E-state index contributed by atoms with van der Waals surface area (Å²) in [6.07, 6.45) is 1.56. The van der Waals surface area contributed by atoms with E-state index < -0.39 is 5.91 Å². The van der Waals surface area contributed by atoms with Crippen LogP contribution in [0.15, 0.2) is 45.5 Å². The summed E-state index contributed by atoms with van der Waals surface area (Å²) < 4.78 is 7.63. The predicted octanol–water partition coefficient (Wildman–Crippen LogP) is 0.513. The summed E-state index contributed by atoms with van der Waals surface area (Å²) in [6.45, 7) is 1.65. The van der Waals surface area contributed by atoms with Crippen LogP contribution in [0.5, 0.6) is 5.75 Å². The summed E-state index contributed by atoms with van der Waals surface area (Å²) >= 11 is 1.30. The number of hydrogen-bond acceptors (Lipinski definition) is 12. The Hall–Kier alpha value is -4.27. The van der Waals surface area contributed by atoms with Gasteiger partial charge < -0.3 is 15.4 Å². The second-order valence-electron chi connectivity index (χ2n) is 6.44. The van der Waals surface area contributed by atoms with Gasteiger partial charge in [-0.3, -0.25) is 4.79 Å². The number of anilines is 1. The number of benzene rings is 1. The third-order valence-electron chi connectivity index (χ3n) is 4.30. The van der Waals surface area contributed by atoms with Crippen LogP contribution in [0.1, 0.15) is 28.7 Å². The summed E-state index contributed by atoms with van der Waals surface area (Å²) in [5.74, 6) is -0.256. The van der Waals surface area contributed by atoms with Gasteiger partial charge in [-0.2, -0.15) is 9.78 Å². The molecule has 3 aromatic heterocycles. The highest BCUT2D eigenvalue weighted by Crippen LogP contribution is 2.24. The second kappa shape index (κ2) is 8.84. The average Bonchev–Trinajstić information content (AvgIpc) is 3.50. The van der Waals surface area contributed by atoms with Crippen LogP contribution >= 0.6 is 11.8 Å². The van der Waals surface area contributed by atoms with Crippen molar-refractivity contribution in [3.8, 4) is 11.6 Å². The number of aromatic nitrogens is 8. The van der Waals surface area contributed by atoms with Crippen LogP contribution in [0.4, 0.5) is 5.82 Å². The molecule has 4 aromatic rings. The molecular weight excluding hydrogens is 438 g/mol. The maximum atomic E-state index is 12.9. The van der Waals surface area contributed by atoms with Crippen LogP contribution < -0.4 is 11.2 Å². The quantitative estimate of drug-likeness (QED) is 0.200. The fraction of sp³-hybridized carbons (Fsp3) is 0.176. The average molecular weight is 455 g/mol. The molecule has 0 aliphatic rings. The Balaban J connectivity index is 1.62. The van der Waals surface area contributed by atoms with Gasteiger partial charge in [0.05, 0.1) is 11.4 Å². The lowest BCUT2D eigenvalue weighted by molar-refractivity contribution is 0.0949. The molecule has 0 atom stereocenters. The van der Waals surface area contributed by atoms with Crippen LogP contribution in [0.25, 0.3) is 5.82 Å². The zero-order valence-corrected chi connectivity index (χ0v) is 17.7. The number of phenols is 1. The zero-order valence-electron chi connectivity index (χ0n) is 16.9. The van der Waals surface area contributed by atoms with E-state index in [4.69, 9.17) is 5.73 Å². The molecule has 0 fully saturated rings. The summed E-state index contributed by atoms with van der Waals surface area (Å²) in [6, 6.07) is 6.65. The first-order valence-corrected chi connectivity index (χ1v) is 10.1. The number of amides is 1. The van der Waals surface area contributed by atoms with Gasteiger partial charge in [0.25, 0.3) is 5.91 Å². The molecule has 1 amide bonds. The van der Waals surface area contributed by atoms with E-state index in [2.05, 4.69) is 46.0 Å². The normalized spacial score (nSPS) is 11.6. The minimum absolute atomic E-state index is 0.00379. The molecule has 0 saturated carbocycles. The van der Waals surface area contributed by atoms with E-state index in [0.29, 0.717) is 22.1 Å². The second-order valence-corrected chi connectivity index (χ2v) is 7.38. The number of hydrazone groups is 1. The molecule has 32 heavy (non-hydrogen) atoms. The highest BCUT2D eigenvalue weighted by atomic mass is 32.2. The number of thioether (sulfide) groups is 1. The molecule has 164 valence electrons. The van der Waals surface area contributed by atoms with E-state index in [-0.39, 0.29) is 28.8 Å². The van der Waals surface area contributed by atoms with Gasteiger partial charge in [-0.15, -0.1) is 15.3 Å². The van der Waals surface area contributed by atoms with E-state index in [0.717, 1.165) is 0 Å².